The van der Waals surface area contributed by atoms with Crippen molar-refractivity contribution in [3.8, 4) is 5.75 Å². The van der Waals surface area contributed by atoms with Crippen molar-refractivity contribution in [1.29, 1.82) is 0 Å². The molecule has 2 rings (SSSR count). The Bertz CT molecular complexity index is 632. The van der Waals surface area contributed by atoms with E-state index in [0.717, 1.165) is 34.0 Å². The molecule has 0 bridgehead atoms. The Balaban J connectivity index is 1.99. The SMILES string of the molecule is Cc1cc(O)c(CNc2cc(CSCCO)ccn2)cc1C. The first kappa shape index (κ1) is 16.6. The van der Waals surface area contributed by atoms with Crippen LogP contribution in [0.2, 0.25) is 0 Å². The minimum absolute atomic E-state index is 0.201. The van der Waals surface area contributed by atoms with Crippen LogP contribution >= 0.6 is 11.8 Å². The minimum atomic E-state index is 0.201. The molecule has 1 aromatic carbocycles. The summed E-state index contributed by atoms with van der Waals surface area (Å²) in [5.41, 5.74) is 4.28. The number of rotatable bonds is 7. The molecule has 5 heteroatoms. The average Bonchev–Trinajstić information content (AvgIpc) is 2.50. The van der Waals surface area contributed by atoms with Crippen LogP contribution in [0.4, 0.5) is 5.82 Å². The van der Waals surface area contributed by atoms with Gasteiger partial charge >= 0.3 is 0 Å². The van der Waals surface area contributed by atoms with Gasteiger partial charge in [0.05, 0.1) is 6.61 Å². The Labute approximate surface area is 135 Å². The Kier molecular flexibility index (Phi) is 6.10. The van der Waals surface area contributed by atoms with E-state index in [1.807, 2.05) is 32.0 Å². The van der Waals surface area contributed by atoms with Gasteiger partial charge in [-0.2, -0.15) is 11.8 Å². The van der Waals surface area contributed by atoms with Crippen LogP contribution in [0, 0.1) is 13.8 Å². The molecule has 0 aliphatic heterocycles. The van der Waals surface area contributed by atoms with Gasteiger partial charge < -0.3 is 15.5 Å². The topological polar surface area (TPSA) is 65.4 Å². The van der Waals surface area contributed by atoms with Crippen LogP contribution in [0.25, 0.3) is 0 Å². The van der Waals surface area contributed by atoms with Crippen LogP contribution in [0.15, 0.2) is 30.5 Å². The zero-order valence-corrected chi connectivity index (χ0v) is 13.8. The van der Waals surface area contributed by atoms with Crippen molar-refractivity contribution in [3.63, 3.8) is 0 Å². The summed E-state index contributed by atoms with van der Waals surface area (Å²) in [7, 11) is 0. The van der Waals surface area contributed by atoms with Gasteiger partial charge in [0.25, 0.3) is 0 Å². The monoisotopic (exact) mass is 318 g/mol. The molecule has 4 nitrogen and oxygen atoms in total. The summed E-state index contributed by atoms with van der Waals surface area (Å²) in [6, 6.07) is 7.77. The van der Waals surface area contributed by atoms with Gasteiger partial charge in [-0.15, -0.1) is 0 Å². The summed E-state index contributed by atoms with van der Waals surface area (Å²) in [5.74, 6) is 2.69. The van der Waals surface area contributed by atoms with Gasteiger partial charge in [-0.05, 0) is 48.7 Å². The fraction of sp³-hybridized carbons (Fsp3) is 0.353. The van der Waals surface area contributed by atoms with Crippen LogP contribution in [0.5, 0.6) is 5.75 Å². The molecule has 0 radical (unpaired) electrons. The summed E-state index contributed by atoms with van der Waals surface area (Å²) >= 11 is 1.69. The van der Waals surface area contributed by atoms with Gasteiger partial charge in [-0.3, -0.25) is 0 Å². The number of benzene rings is 1. The standard InChI is InChI=1S/C17H22N2O2S/c1-12-7-15(16(21)8-13(12)2)10-19-17-9-14(3-4-18-17)11-22-6-5-20/h3-4,7-9,20-21H,5-6,10-11H2,1-2H3,(H,18,19). The van der Waals surface area contributed by atoms with Crippen molar-refractivity contribution in [2.24, 2.45) is 0 Å². The van der Waals surface area contributed by atoms with E-state index in [0.29, 0.717) is 12.3 Å². The van der Waals surface area contributed by atoms with Crippen molar-refractivity contribution < 1.29 is 10.2 Å². The molecule has 22 heavy (non-hydrogen) atoms. The number of thioether (sulfide) groups is 1. The molecule has 118 valence electrons. The molecule has 0 fully saturated rings. The molecule has 0 spiro atoms. The predicted octanol–water partition coefficient (Wildman–Crippen LogP) is 3.24. The maximum atomic E-state index is 10.0. The molecule has 1 aromatic heterocycles. The summed E-state index contributed by atoms with van der Waals surface area (Å²) in [6.07, 6.45) is 1.78. The fourth-order valence-electron chi connectivity index (χ4n) is 2.10. The molecule has 0 atom stereocenters. The van der Waals surface area contributed by atoms with Gasteiger partial charge in [0.2, 0.25) is 0 Å². The molecule has 0 unspecified atom stereocenters. The number of pyridine rings is 1. The summed E-state index contributed by atoms with van der Waals surface area (Å²) in [6.45, 7) is 4.76. The Morgan fingerprint density at radius 2 is 1.95 bits per heavy atom. The Morgan fingerprint density at radius 1 is 1.18 bits per heavy atom. The number of aliphatic hydroxyl groups excluding tert-OH is 1. The van der Waals surface area contributed by atoms with Gasteiger partial charge in [-0.25, -0.2) is 4.98 Å². The van der Waals surface area contributed by atoms with Gasteiger partial charge in [0.15, 0.2) is 0 Å². The number of aromatic nitrogens is 1. The zero-order chi connectivity index (χ0) is 15.9. The minimum Gasteiger partial charge on any atom is -0.508 e. The first-order chi connectivity index (χ1) is 10.6. The lowest BCUT2D eigenvalue weighted by molar-refractivity contribution is 0.322. The lowest BCUT2D eigenvalue weighted by atomic mass is 10.1. The first-order valence-electron chi connectivity index (χ1n) is 7.26. The summed E-state index contributed by atoms with van der Waals surface area (Å²) < 4.78 is 0. The second-order valence-electron chi connectivity index (χ2n) is 5.24. The number of aryl methyl sites for hydroxylation is 2. The smallest absolute Gasteiger partial charge is 0.126 e. The van der Waals surface area contributed by atoms with Crippen molar-refractivity contribution in [2.75, 3.05) is 17.7 Å². The second kappa shape index (κ2) is 8.06. The van der Waals surface area contributed by atoms with Gasteiger partial charge in [-0.1, -0.05) is 6.07 Å². The second-order valence-corrected chi connectivity index (χ2v) is 6.35. The van der Waals surface area contributed by atoms with E-state index in [9.17, 15) is 5.11 Å². The molecular formula is C17H22N2O2S. The number of nitrogens with one attached hydrogen (secondary N) is 1. The van der Waals surface area contributed by atoms with E-state index in [-0.39, 0.29) is 6.61 Å². The number of aliphatic hydroxyl groups is 1. The van der Waals surface area contributed by atoms with Crippen LogP contribution < -0.4 is 5.32 Å². The zero-order valence-electron chi connectivity index (χ0n) is 13.0. The van der Waals surface area contributed by atoms with E-state index in [1.54, 1.807) is 24.0 Å². The fourth-order valence-corrected chi connectivity index (χ4v) is 2.79. The highest BCUT2D eigenvalue weighted by atomic mass is 32.2. The van der Waals surface area contributed by atoms with E-state index >= 15 is 0 Å². The lowest BCUT2D eigenvalue weighted by Gasteiger charge is -2.11. The van der Waals surface area contributed by atoms with Crippen LogP contribution in [-0.4, -0.2) is 27.6 Å². The maximum absolute atomic E-state index is 10.0. The van der Waals surface area contributed by atoms with Gasteiger partial charge in [0.1, 0.15) is 11.6 Å². The van der Waals surface area contributed by atoms with Crippen molar-refractivity contribution in [3.05, 3.63) is 52.7 Å². The van der Waals surface area contributed by atoms with E-state index in [4.69, 9.17) is 5.11 Å². The Morgan fingerprint density at radius 3 is 2.73 bits per heavy atom. The lowest BCUT2D eigenvalue weighted by Crippen LogP contribution is -2.03. The highest BCUT2D eigenvalue weighted by molar-refractivity contribution is 7.98. The van der Waals surface area contributed by atoms with E-state index < -0.39 is 0 Å². The molecule has 0 aliphatic rings. The molecule has 1 heterocycles. The highest BCUT2D eigenvalue weighted by Crippen LogP contribution is 2.23. The normalized spacial score (nSPS) is 10.7. The first-order valence-corrected chi connectivity index (χ1v) is 8.42. The van der Waals surface area contributed by atoms with Gasteiger partial charge in [0, 0.05) is 29.8 Å². The molecule has 2 aromatic rings. The summed E-state index contributed by atoms with van der Waals surface area (Å²) in [5, 5.41) is 22.1. The molecule has 0 aliphatic carbocycles. The molecule has 3 N–H and O–H groups in total. The number of aromatic hydroxyl groups is 1. The van der Waals surface area contributed by atoms with Crippen LogP contribution in [0.3, 0.4) is 0 Å². The summed E-state index contributed by atoms with van der Waals surface area (Å²) in [4.78, 5) is 4.30. The molecule has 0 amide bonds. The quantitative estimate of drug-likeness (QED) is 0.684. The third-order valence-electron chi connectivity index (χ3n) is 3.48. The number of hydrogen-bond donors (Lipinski definition) is 3. The van der Waals surface area contributed by atoms with E-state index in [2.05, 4.69) is 10.3 Å². The molecular weight excluding hydrogens is 296 g/mol. The number of phenols is 1. The largest absolute Gasteiger partial charge is 0.508 e. The third-order valence-corrected chi connectivity index (χ3v) is 4.49. The van der Waals surface area contributed by atoms with E-state index in [1.165, 1.54) is 5.56 Å². The molecule has 0 saturated carbocycles. The molecule has 0 saturated heterocycles. The number of anilines is 1. The van der Waals surface area contributed by atoms with Crippen molar-refractivity contribution in [2.45, 2.75) is 26.1 Å². The average molecular weight is 318 g/mol. The maximum Gasteiger partial charge on any atom is 0.126 e. The third kappa shape index (κ3) is 4.64. The Hall–Kier alpha value is -1.72. The van der Waals surface area contributed by atoms with Crippen molar-refractivity contribution in [1.82, 2.24) is 4.98 Å². The number of nitrogens with zero attached hydrogens (tertiary/aromatic N) is 1. The van der Waals surface area contributed by atoms with Crippen LogP contribution in [0.1, 0.15) is 22.3 Å². The van der Waals surface area contributed by atoms with Crippen LogP contribution in [-0.2, 0) is 12.3 Å². The highest BCUT2D eigenvalue weighted by Gasteiger charge is 2.05. The number of hydrogen-bond acceptors (Lipinski definition) is 5. The number of phenolic OH excluding ortho intramolecular Hbond substituents is 1. The van der Waals surface area contributed by atoms with Crippen molar-refractivity contribution >= 4 is 17.6 Å². The predicted molar refractivity (Wildman–Crippen MR) is 92.4 cm³/mol.